The smallest absolute Gasteiger partial charge is 0.328 e. The Morgan fingerprint density at radius 3 is 2.92 bits per heavy atom. The minimum absolute atomic E-state index is 0.244. The molecule has 0 aliphatic heterocycles. The van der Waals surface area contributed by atoms with Crippen LogP contribution in [0.2, 0.25) is 0 Å². The van der Waals surface area contributed by atoms with E-state index < -0.39 is 5.97 Å². The van der Waals surface area contributed by atoms with Crippen LogP contribution in [0.1, 0.15) is 19.3 Å². The molecule has 0 heterocycles. The summed E-state index contributed by atoms with van der Waals surface area (Å²) in [5.41, 5.74) is 1.00. The lowest BCUT2D eigenvalue weighted by atomic mass is 9.97. The Hall–Kier alpha value is -1.09. The third-order valence-corrected chi connectivity index (χ3v) is 1.86. The number of hydrogen-bond donors (Lipinski definition) is 2. The van der Waals surface area contributed by atoms with Crippen molar-refractivity contribution in [1.29, 1.82) is 0 Å². The maximum absolute atomic E-state index is 10.1. The molecular formula is C9H12O3. The molecule has 0 saturated heterocycles. The number of rotatable bonds is 2. The highest BCUT2D eigenvalue weighted by atomic mass is 16.4. The summed E-state index contributed by atoms with van der Waals surface area (Å²) in [6.07, 6.45) is 6.50. The van der Waals surface area contributed by atoms with E-state index in [2.05, 4.69) is 0 Å². The summed E-state index contributed by atoms with van der Waals surface area (Å²) in [7, 11) is 0. The van der Waals surface area contributed by atoms with Gasteiger partial charge in [-0.05, 0) is 19.3 Å². The fraction of sp³-hybridized carbons (Fsp3) is 0.444. The van der Waals surface area contributed by atoms with Gasteiger partial charge in [0.25, 0.3) is 0 Å². The average Bonchev–Trinajstić information content (AvgIpc) is 2.03. The molecule has 0 bridgehead atoms. The summed E-state index contributed by atoms with van der Waals surface area (Å²) in [6, 6.07) is 0. The molecule has 0 radical (unpaired) electrons. The fourth-order valence-electron chi connectivity index (χ4n) is 1.17. The standard InChI is InChI=1S/C9H12O3/c10-8-4-1-7(2-5-8)3-6-9(11)12/h1,3,6,8,10H,2,4-5H2,(H,11,12)/b6-3+/t8-/m1/s1. The summed E-state index contributed by atoms with van der Waals surface area (Å²) in [5, 5.41) is 17.5. The maximum Gasteiger partial charge on any atom is 0.328 e. The molecule has 1 rings (SSSR count). The van der Waals surface area contributed by atoms with Crippen molar-refractivity contribution in [3.8, 4) is 0 Å². The first-order valence-electron chi connectivity index (χ1n) is 3.96. The van der Waals surface area contributed by atoms with Gasteiger partial charge in [0.05, 0.1) is 6.10 Å². The van der Waals surface area contributed by atoms with Gasteiger partial charge in [-0.2, -0.15) is 0 Å². The molecule has 0 aromatic heterocycles. The van der Waals surface area contributed by atoms with E-state index in [1.54, 1.807) is 6.08 Å². The maximum atomic E-state index is 10.1. The molecule has 0 spiro atoms. The molecule has 0 aromatic carbocycles. The Bertz CT molecular complexity index is 228. The number of carboxylic acids is 1. The van der Waals surface area contributed by atoms with Crippen molar-refractivity contribution in [3.05, 3.63) is 23.8 Å². The molecule has 3 nitrogen and oxygen atoms in total. The fourth-order valence-corrected chi connectivity index (χ4v) is 1.17. The first-order valence-corrected chi connectivity index (χ1v) is 3.96. The first kappa shape index (κ1) is 9.00. The Morgan fingerprint density at radius 2 is 2.42 bits per heavy atom. The van der Waals surface area contributed by atoms with Crippen LogP contribution in [-0.4, -0.2) is 22.3 Å². The third-order valence-electron chi connectivity index (χ3n) is 1.86. The van der Waals surface area contributed by atoms with Gasteiger partial charge in [-0.1, -0.05) is 17.7 Å². The number of aliphatic carboxylic acids is 1. The van der Waals surface area contributed by atoms with Gasteiger partial charge in [0.2, 0.25) is 0 Å². The van der Waals surface area contributed by atoms with Crippen LogP contribution in [0.15, 0.2) is 23.8 Å². The summed E-state index contributed by atoms with van der Waals surface area (Å²) in [5.74, 6) is -0.929. The number of hydrogen-bond acceptors (Lipinski definition) is 2. The highest BCUT2D eigenvalue weighted by Crippen LogP contribution is 2.18. The van der Waals surface area contributed by atoms with Gasteiger partial charge >= 0.3 is 5.97 Å². The number of aliphatic hydroxyl groups excluding tert-OH is 1. The predicted molar refractivity (Wildman–Crippen MR) is 44.7 cm³/mol. The van der Waals surface area contributed by atoms with E-state index in [-0.39, 0.29) is 6.10 Å². The molecule has 12 heavy (non-hydrogen) atoms. The van der Waals surface area contributed by atoms with Crippen molar-refractivity contribution in [3.63, 3.8) is 0 Å². The Balaban J connectivity index is 2.49. The van der Waals surface area contributed by atoms with Crippen molar-refractivity contribution in [2.75, 3.05) is 0 Å². The lowest BCUT2D eigenvalue weighted by molar-refractivity contribution is -0.131. The topological polar surface area (TPSA) is 57.5 Å². The molecule has 0 saturated carbocycles. The molecule has 66 valence electrons. The number of aliphatic hydroxyl groups is 1. The van der Waals surface area contributed by atoms with E-state index in [1.807, 2.05) is 6.08 Å². The number of carboxylic acid groups (broad SMARTS) is 1. The van der Waals surface area contributed by atoms with Crippen molar-refractivity contribution in [2.24, 2.45) is 0 Å². The van der Waals surface area contributed by atoms with Gasteiger partial charge in [0.15, 0.2) is 0 Å². The van der Waals surface area contributed by atoms with E-state index in [0.717, 1.165) is 24.5 Å². The highest BCUT2D eigenvalue weighted by Gasteiger charge is 2.08. The summed E-state index contributed by atoms with van der Waals surface area (Å²) < 4.78 is 0. The van der Waals surface area contributed by atoms with Gasteiger partial charge in [-0.25, -0.2) is 4.79 Å². The summed E-state index contributed by atoms with van der Waals surface area (Å²) >= 11 is 0. The van der Waals surface area contributed by atoms with Crippen molar-refractivity contribution >= 4 is 5.97 Å². The van der Waals surface area contributed by atoms with Crippen LogP contribution in [-0.2, 0) is 4.79 Å². The number of carbonyl (C=O) groups is 1. The summed E-state index contributed by atoms with van der Waals surface area (Å²) in [4.78, 5) is 10.1. The van der Waals surface area contributed by atoms with Crippen LogP contribution >= 0.6 is 0 Å². The van der Waals surface area contributed by atoms with Crippen molar-refractivity contribution in [2.45, 2.75) is 25.4 Å². The van der Waals surface area contributed by atoms with Crippen molar-refractivity contribution < 1.29 is 15.0 Å². The molecule has 1 atom stereocenters. The van der Waals surface area contributed by atoms with Crippen LogP contribution in [0.5, 0.6) is 0 Å². The van der Waals surface area contributed by atoms with Crippen LogP contribution in [0.3, 0.4) is 0 Å². The zero-order chi connectivity index (χ0) is 8.97. The molecule has 0 fully saturated rings. The zero-order valence-electron chi connectivity index (χ0n) is 6.73. The SMILES string of the molecule is O=C(O)/C=C/C1=CC[C@@H](O)CC1. The Kier molecular flexibility index (Phi) is 3.05. The molecule has 1 aliphatic rings. The Morgan fingerprint density at radius 1 is 1.67 bits per heavy atom. The van der Waals surface area contributed by atoms with E-state index in [0.29, 0.717) is 6.42 Å². The molecule has 0 aromatic rings. The number of allylic oxidation sites excluding steroid dienone is 2. The third kappa shape index (κ3) is 2.88. The summed E-state index contributed by atoms with van der Waals surface area (Å²) in [6.45, 7) is 0. The van der Waals surface area contributed by atoms with E-state index in [1.165, 1.54) is 0 Å². The highest BCUT2D eigenvalue weighted by molar-refractivity contribution is 5.80. The first-order chi connectivity index (χ1) is 5.68. The van der Waals surface area contributed by atoms with Crippen LogP contribution in [0.25, 0.3) is 0 Å². The second kappa shape index (κ2) is 4.07. The predicted octanol–water partition coefficient (Wildman–Crippen LogP) is 1.10. The van der Waals surface area contributed by atoms with E-state index >= 15 is 0 Å². The molecule has 0 amide bonds. The van der Waals surface area contributed by atoms with Crippen LogP contribution in [0, 0.1) is 0 Å². The van der Waals surface area contributed by atoms with Gasteiger partial charge < -0.3 is 10.2 Å². The monoisotopic (exact) mass is 168 g/mol. The van der Waals surface area contributed by atoms with E-state index in [9.17, 15) is 4.79 Å². The van der Waals surface area contributed by atoms with Gasteiger partial charge in [-0.15, -0.1) is 0 Å². The van der Waals surface area contributed by atoms with Gasteiger partial charge in [0, 0.05) is 6.08 Å². The second-order valence-electron chi connectivity index (χ2n) is 2.88. The molecule has 3 heteroatoms. The zero-order valence-corrected chi connectivity index (χ0v) is 6.73. The quantitative estimate of drug-likeness (QED) is 0.607. The largest absolute Gasteiger partial charge is 0.478 e. The minimum Gasteiger partial charge on any atom is -0.478 e. The van der Waals surface area contributed by atoms with E-state index in [4.69, 9.17) is 10.2 Å². The molecular weight excluding hydrogens is 156 g/mol. The molecule has 1 aliphatic carbocycles. The lowest BCUT2D eigenvalue weighted by Crippen LogP contribution is -2.09. The molecule has 0 unspecified atom stereocenters. The lowest BCUT2D eigenvalue weighted by Gasteiger charge is -2.14. The van der Waals surface area contributed by atoms with Gasteiger partial charge in [-0.3, -0.25) is 0 Å². The normalized spacial score (nSPS) is 24.1. The molecule has 2 N–H and O–H groups in total. The average molecular weight is 168 g/mol. The van der Waals surface area contributed by atoms with Crippen LogP contribution < -0.4 is 0 Å². The Labute approximate surface area is 71.0 Å². The van der Waals surface area contributed by atoms with Gasteiger partial charge in [0.1, 0.15) is 0 Å². The minimum atomic E-state index is -0.929. The van der Waals surface area contributed by atoms with Crippen LogP contribution in [0.4, 0.5) is 0 Å². The van der Waals surface area contributed by atoms with Crippen molar-refractivity contribution in [1.82, 2.24) is 0 Å². The second-order valence-corrected chi connectivity index (χ2v) is 2.88.